The molecule has 0 bridgehead atoms. The second-order valence-electron chi connectivity index (χ2n) is 3.20. The Labute approximate surface area is 87.5 Å². The molecule has 1 aromatic rings. The van der Waals surface area contributed by atoms with Crippen molar-refractivity contribution in [3.8, 4) is 5.75 Å². The Kier molecular flexibility index (Phi) is 4.08. The molecule has 0 amide bonds. The van der Waals surface area contributed by atoms with E-state index >= 15 is 0 Å². The van der Waals surface area contributed by atoms with E-state index in [1.54, 1.807) is 24.3 Å². The molecule has 0 fully saturated rings. The van der Waals surface area contributed by atoms with Crippen molar-refractivity contribution in [2.45, 2.75) is 12.6 Å². The number of carboxylic acids is 1. The van der Waals surface area contributed by atoms with Gasteiger partial charge >= 0.3 is 5.97 Å². The molecule has 0 aliphatic carbocycles. The Bertz CT molecular complexity index is 341. The normalized spacial score (nSPS) is 12.3. The van der Waals surface area contributed by atoms with E-state index in [0.717, 1.165) is 5.56 Å². The van der Waals surface area contributed by atoms with Crippen molar-refractivity contribution in [3.63, 3.8) is 0 Å². The molecule has 0 saturated carbocycles. The fourth-order valence-corrected chi connectivity index (χ4v) is 1.11. The van der Waals surface area contributed by atoms with Crippen LogP contribution >= 0.6 is 0 Å². The van der Waals surface area contributed by atoms with Crippen LogP contribution in [0.4, 0.5) is 0 Å². The zero-order chi connectivity index (χ0) is 11.3. The molecular formula is C10H14N2O3. The molecule has 1 unspecified atom stereocenters. The van der Waals surface area contributed by atoms with Crippen LogP contribution in [0.5, 0.6) is 5.75 Å². The smallest absolute Gasteiger partial charge is 0.321 e. The third-order valence-corrected chi connectivity index (χ3v) is 1.99. The lowest BCUT2D eigenvalue weighted by molar-refractivity contribution is -0.138. The van der Waals surface area contributed by atoms with E-state index in [9.17, 15) is 9.90 Å². The minimum absolute atomic E-state index is 0.170. The van der Waals surface area contributed by atoms with Crippen molar-refractivity contribution < 1.29 is 15.0 Å². The van der Waals surface area contributed by atoms with Gasteiger partial charge in [0.15, 0.2) is 0 Å². The van der Waals surface area contributed by atoms with Crippen molar-refractivity contribution in [1.29, 1.82) is 0 Å². The molecular weight excluding hydrogens is 196 g/mol. The first-order valence-electron chi connectivity index (χ1n) is 4.57. The molecule has 1 atom stereocenters. The quantitative estimate of drug-likeness (QED) is 0.544. The number of aromatic hydroxyl groups is 1. The molecule has 1 aromatic carbocycles. The van der Waals surface area contributed by atoms with E-state index in [2.05, 4.69) is 5.32 Å². The molecule has 0 aromatic heterocycles. The highest BCUT2D eigenvalue weighted by Gasteiger charge is 2.10. The Morgan fingerprint density at radius 1 is 1.47 bits per heavy atom. The first-order valence-corrected chi connectivity index (χ1v) is 4.57. The minimum Gasteiger partial charge on any atom is -0.508 e. The Hall–Kier alpha value is -1.59. The Balaban J connectivity index is 2.38. The van der Waals surface area contributed by atoms with Gasteiger partial charge in [-0.2, -0.15) is 0 Å². The van der Waals surface area contributed by atoms with Gasteiger partial charge in [0.1, 0.15) is 11.8 Å². The summed E-state index contributed by atoms with van der Waals surface area (Å²) in [7, 11) is 0. The molecule has 0 saturated heterocycles. The monoisotopic (exact) mass is 210 g/mol. The second kappa shape index (κ2) is 5.33. The van der Waals surface area contributed by atoms with E-state index in [-0.39, 0.29) is 12.3 Å². The van der Waals surface area contributed by atoms with Crippen LogP contribution in [-0.2, 0) is 11.3 Å². The number of carboxylic acid groups (broad SMARTS) is 1. The number of nitrogens with two attached hydrogens (primary N) is 1. The highest BCUT2D eigenvalue weighted by atomic mass is 16.4. The summed E-state index contributed by atoms with van der Waals surface area (Å²) in [5, 5.41) is 20.8. The summed E-state index contributed by atoms with van der Waals surface area (Å²) in [5.74, 6) is -0.853. The van der Waals surface area contributed by atoms with E-state index in [0.29, 0.717) is 6.54 Å². The standard InChI is InChI=1S/C10H14N2O3/c11-8(10(14)15)6-12-5-7-3-1-2-4-9(7)13/h1-4,8,12-13H,5-6,11H2,(H,14,15). The number of benzene rings is 1. The molecule has 0 aliphatic rings. The third kappa shape index (κ3) is 3.57. The van der Waals surface area contributed by atoms with Crippen molar-refractivity contribution in [1.82, 2.24) is 5.32 Å². The molecule has 0 spiro atoms. The fourth-order valence-electron chi connectivity index (χ4n) is 1.11. The summed E-state index contributed by atoms with van der Waals surface area (Å²) in [5.41, 5.74) is 6.01. The number of nitrogens with one attached hydrogen (secondary N) is 1. The van der Waals surface area contributed by atoms with Gasteiger partial charge in [-0.05, 0) is 6.07 Å². The van der Waals surface area contributed by atoms with Crippen LogP contribution < -0.4 is 11.1 Å². The van der Waals surface area contributed by atoms with E-state index in [1.807, 2.05) is 0 Å². The maximum absolute atomic E-state index is 10.4. The van der Waals surface area contributed by atoms with Gasteiger partial charge in [-0.15, -0.1) is 0 Å². The number of carbonyl (C=O) groups is 1. The second-order valence-corrected chi connectivity index (χ2v) is 3.20. The van der Waals surface area contributed by atoms with Gasteiger partial charge in [-0.3, -0.25) is 4.79 Å². The molecule has 0 aliphatic heterocycles. The maximum atomic E-state index is 10.4. The summed E-state index contributed by atoms with van der Waals surface area (Å²) >= 11 is 0. The van der Waals surface area contributed by atoms with E-state index < -0.39 is 12.0 Å². The number of para-hydroxylation sites is 1. The van der Waals surface area contributed by atoms with Gasteiger partial charge in [0, 0.05) is 18.7 Å². The van der Waals surface area contributed by atoms with Crippen LogP contribution in [0.2, 0.25) is 0 Å². The van der Waals surface area contributed by atoms with E-state index in [4.69, 9.17) is 10.8 Å². The lowest BCUT2D eigenvalue weighted by Gasteiger charge is -2.09. The maximum Gasteiger partial charge on any atom is 0.321 e. The summed E-state index contributed by atoms with van der Waals surface area (Å²) in [4.78, 5) is 10.4. The van der Waals surface area contributed by atoms with Crippen LogP contribution in [0, 0.1) is 0 Å². The van der Waals surface area contributed by atoms with Gasteiger partial charge in [-0.1, -0.05) is 18.2 Å². The highest BCUT2D eigenvalue weighted by Crippen LogP contribution is 2.14. The van der Waals surface area contributed by atoms with Crippen LogP contribution in [-0.4, -0.2) is 28.8 Å². The molecule has 0 radical (unpaired) electrons. The number of hydrogen-bond donors (Lipinski definition) is 4. The number of phenolic OH excluding ortho intramolecular Hbond substituents is 1. The molecule has 82 valence electrons. The Morgan fingerprint density at radius 2 is 2.13 bits per heavy atom. The molecule has 1 rings (SSSR count). The topological polar surface area (TPSA) is 95.6 Å². The summed E-state index contributed by atoms with van der Waals surface area (Å²) in [6.07, 6.45) is 0. The lowest BCUT2D eigenvalue weighted by atomic mass is 10.2. The third-order valence-electron chi connectivity index (χ3n) is 1.99. The summed E-state index contributed by atoms with van der Waals surface area (Å²) in [6.45, 7) is 0.567. The predicted octanol–water partition coefficient (Wildman–Crippen LogP) is -0.106. The molecule has 15 heavy (non-hydrogen) atoms. The number of hydrogen-bond acceptors (Lipinski definition) is 4. The van der Waals surface area contributed by atoms with Crippen LogP contribution in [0.1, 0.15) is 5.56 Å². The Morgan fingerprint density at radius 3 is 2.73 bits per heavy atom. The average Bonchev–Trinajstić information content (AvgIpc) is 2.20. The van der Waals surface area contributed by atoms with Crippen molar-refractivity contribution in [3.05, 3.63) is 29.8 Å². The molecule has 0 heterocycles. The summed E-state index contributed by atoms with van der Waals surface area (Å²) < 4.78 is 0. The number of aliphatic carboxylic acids is 1. The van der Waals surface area contributed by atoms with Gasteiger partial charge in [0.05, 0.1) is 0 Å². The molecule has 5 heteroatoms. The fraction of sp³-hybridized carbons (Fsp3) is 0.300. The van der Waals surface area contributed by atoms with Gasteiger partial charge in [-0.25, -0.2) is 0 Å². The lowest BCUT2D eigenvalue weighted by Crippen LogP contribution is -2.40. The largest absolute Gasteiger partial charge is 0.508 e. The minimum atomic E-state index is -1.04. The predicted molar refractivity (Wildman–Crippen MR) is 55.4 cm³/mol. The first kappa shape index (κ1) is 11.5. The summed E-state index contributed by atoms with van der Waals surface area (Å²) in [6, 6.07) is 5.94. The van der Waals surface area contributed by atoms with Gasteiger partial charge < -0.3 is 21.3 Å². The first-order chi connectivity index (χ1) is 7.11. The van der Waals surface area contributed by atoms with Crippen LogP contribution in [0.3, 0.4) is 0 Å². The van der Waals surface area contributed by atoms with Gasteiger partial charge in [0.25, 0.3) is 0 Å². The van der Waals surface area contributed by atoms with Crippen molar-refractivity contribution >= 4 is 5.97 Å². The zero-order valence-corrected chi connectivity index (χ0v) is 8.18. The number of phenols is 1. The highest BCUT2D eigenvalue weighted by molar-refractivity contribution is 5.73. The SMILES string of the molecule is NC(CNCc1ccccc1O)C(=O)O. The van der Waals surface area contributed by atoms with E-state index in [1.165, 1.54) is 0 Å². The van der Waals surface area contributed by atoms with Crippen molar-refractivity contribution in [2.24, 2.45) is 5.73 Å². The van der Waals surface area contributed by atoms with Gasteiger partial charge in [0.2, 0.25) is 0 Å². The average molecular weight is 210 g/mol. The molecule has 5 N–H and O–H groups in total. The van der Waals surface area contributed by atoms with Crippen LogP contribution in [0.25, 0.3) is 0 Å². The van der Waals surface area contributed by atoms with Crippen LogP contribution in [0.15, 0.2) is 24.3 Å². The molecule has 5 nitrogen and oxygen atoms in total. The number of rotatable bonds is 5. The van der Waals surface area contributed by atoms with Crippen molar-refractivity contribution in [2.75, 3.05) is 6.54 Å². The zero-order valence-electron chi connectivity index (χ0n) is 8.18.